The Bertz CT molecular complexity index is 858. The smallest absolute Gasteiger partial charge is 0.256 e. The molecule has 1 aliphatic heterocycles. The highest BCUT2D eigenvalue weighted by molar-refractivity contribution is 6.07. The minimum Gasteiger partial charge on any atom is -0.350 e. The normalized spacial score (nSPS) is 17.7. The van der Waals surface area contributed by atoms with Crippen LogP contribution in [0.5, 0.6) is 0 Å². The molecule has 3 heterocycles. The second kappa shape index (κ2) is 4.77. The molecule has 0 saturated heterocycles. The van der Waals surface area contributed by atoms with E-state index >= 15 is 0 Å². The summed E-state index contributed by atoms with van der Waals surface area (Å²) in [5.41, 5.74) is 3.10. The number of benzene rings is 1. The summed E-state index contributed by atoms with van der Waals surface area (Å²) in [5.74, 6) is 0.122. The van der Waals surface area contributed by atoms with Crippen molar-refractivity contribution in [3.63, 3.8) is 0 Å². The zero-order valence-corrected chi connectivity index (χ0v) is 12.9. The standard InChI is InChI=1S/C18H19N3O/c1-13-16-8-5-9-20(16)10-11-21(13)18(22)15-12-19(2)17-7-4-3-6-14(15)17/h3-9,12-13H,10-11H2,1-2H3/t13-/m0/s1. The fourth-order valence-electron chi connectivity index (χ4n) is 3.52. The molecule has 1 aliphatic rings. The van der Waals surface area contributed by atoms with Crippen LogP contribution in [0.4, 0.5) is 0 Å². The summed E-state index contributed by atoms with van der Waals surface area (Å²) in [6.07, 6.45) is 4.04. The van der Waals surface area contributed by atoms with Crippen molar-refractivity contribution in [3.8, 4) is 0 Å². The van der Waals surface area contributed by atoms with Crippen LogP contribution in [-0.4, -0.2) is 26.5 Å². The Hall–Kier alpha value is -2.49. The molecule has 4 rings (SSSR count). The van der Waals surface area contributed by atoms with Gasteiger partial charge in [0.1, 0.15) is 0 Å². The lowest BCUT2D eigenvalue weighted by Crippen LogP contribution is -2.40. The van der Waals surface area contributed by atoms with Crippen molar-refractivity contribution in [1.29, 1.82) is 0 Å². The summed E-state index contributed by atoms with van der Waals surface area (Å²) >= 11 is 0. The number of amides is 1. The molecule has 4 nitrogen and oxygen atoms in total. The number of carbonyl (C=O) groups excluding carboxylic acids is 1. The van der Waals surface area contributed by atoms with Crippen LogP contribution in [-0.2, 0) is 13.6 Å². The number of carbonyl (C=O) groups is 1. The van der Waals surface area contributed by atoms with E-state index in [1.807, 2.05) is 40.9 Å². The van der Waals surface area contributed by atoms with Gasteiger partial charge in [0.15, 0.2) is 0 Å². The van der Waals surface area contributed by atoms with Gasteiger partial charge in [0, 0.05) is 49.1 Å². The Morgan fingerprint density at radius 2 is 1.95 bits per heavy atom. The SMILES string of the molecule is C[C@H]1c2cccn2CCN1C(=O)c1cn(C)c2ccccc12. The first-order chi connectivity index (χ1) is 10.7. The molecule has 0 fully saturated rings. The van der Waals surface area contributed by atoms with Gasteiger partial charge in [-0.05, 0) is 25.1 Å². The van der Waals surface area contributed by atoms with E-state index in [0.717, 1.165) is 29.6 Å². The van der Waals surface area contributed by atoms with Gasteiger partial charge in [0.05, 0.1) is 11.6 Å². The van der Waals surface area contributed by atoms with Crippen LogP contribution in [0.25, 0.3) is 10.9 Å². The van der Waals surface area contributed by atoms with Gasteiger partial charge in [-0.3, -0.25) is 4.79 Å². The number of rotatable bonds is 1. The lowest BCUT2D eigenvalue weighted by Gasteiger charge is -2.34. The number of aryl methyl sites for hydroxylation is 1. The van der Waals surface area contributed by atoms with Crippen molar-refractivity contribution in [1.82, 2.24) is 14.0 Å². The quantitative estimate of drug-likeness (QED) is 0.677. The summed E-state index contributed by atoms with van der Waals surface area (Å²) in [6.45, 7) is 3.72. The highest BCUT2D eigenvalue weighted by Gasteiger charge is 2.29. The zero-order valence-electron chi connectivity index (χ0n) is 12.9. The molecule has 0 unspecified atom stereocenters. The van der Waals surface area contributed by atoms with Crippen LogP contribution in [0, 0.1) is 0 Å². The van der Waals surface area contributed by atoms with Crippen molar-refractivity contribution in [2.24, 2.45) is 7.05 Å². The summed E-state index contributed by atoms with van der Waals surface area (Å²) < 4.78 is 4.26. The molecule has 1 atom stereocenters. The van der Waals surface area contributed by atoms with Gasteiger partial charge < -0.3 is 14.0 Å². The van der Waals surface area contributed by atoms with E-state index in [1.165, 1.54) is 5.69 Å². The highest BCUT2D eigenvalue weighted by atomic mass is 16.2. The summed E-state index contributed by atoms with van der Waals surface area (Å²) in [7, 11) is 1.99. The van der Waals surface area contributed by atoms with Crippen molar-refractivity contribution >= 4 is 16.8 Å². The molecule has 0 radical (unpaired) electrons. The fourth-order valence-corrected chi connectivity index (χ4v) is 3.52. The molecule has 1 aromatic carbocycles. The zero-order chi connectivity index (χ0) is 15.3. The molecule has 112 valence electrons. The van der Waals surface area contributed by atoms with Gasteiger partial charge in [0.2, 0.25) is 0 Å². The van der Waals surface area contributed by atoms with E-state index in [2.05, 4.69) is 35.9 Å². The maximum atomic E-state index is 13.1. The first-order valence-corrected chi connectivity index (χ1v) is 7.67. The molecule has 0 bridgehead atoms. The number of fused-ring (bicyclic) bond motifs is 2. The average Bonchev–Trinajstić information content (AvgIpc) is 3.13. The molecule has 1 amide bonds. The molecular weight excluding hydrogens is 274 g/mol. The predicted octanol–water partition coefficient (Wildman–Crippen LogP) is 3.20. The summed E-state index contributed by atoms with van der Waals surface area (Å²) in [6, 6.07) is 12.3. The van der Waals surface area contributed by atoms with Gasteiger partial charge in [-0.1, -0.05) is 18.2 Å². The first-order valence-electron chi connectivity index (χ1n) is 7.67. The number of para-hydroxylation sites is 1. The van der Waals surface area contributed by atoms with Gasteiger partial charge in [-0.25, -0.2) is 0 Å². The molecule has 3 aromatic rings. The van der Waals surface area contributed by atoms with Crippen molar-refractivity contribution < 1.29 is 4.79 Å². The molecule has 0 saturated carbocycles. The number of hydrogen-bond acceptors (Lipinski definition) is 1. The third-order valence-electron chi connectivity index (χ3n) is 4.73. The van der Waals surface area contributed by atoms with E-state index in [-0.39, 0.29) is 11.9 Å². The second-order valence-electron chi connectivity index (χ2n) is 5.97. The lowest BCUT2D eigenvalue weighted by atomic mass is 10.1. The van der Waals surface area contributed by atoms with Gasteiger partial charge >= 0.3 is 0 Å². The lowest BCUT2D eigenvalue weighted by molar-refractivity contribution is 0.0646. The van der Waals surface area contributed by atoms with Crippen LogP contribution >= 0.6 is 0 Å². The van der Waals surface area contributed by atoms with E-state index in [9.17, 15) is 4.79 Å². The molecule has 0 aliphatic carbocycles. The molecule has 22 heavy (non-hydrogen) atoms. The molecule has 0 spiro atoms. The van der Waals surface area contributed by atoms with Crippen molar-refractivity contribution in [3.05, 3.63) is 60.0 Å². The third-order valence-corrected chi connectivity index (χ3v) is 4.73. The number of hydrogen-bond donors (Lipinski definition) is 0. The van der Waals surface area contributed by atoms with Crippen LogP contribution in [0.1, 0.15) is 29.0 Å². The fraction of sp³-hybridized carbons (Fsp3) is 0.278. The third kappa shape index (κ3) is 1.80. The van der Waals surface area contributed by atoms with E-state index < -0.39 is 0 Å². The van der Waals surface area contributed by atoms with Crippen LogP contribution in [0.15, 0.2) is 48.8 Å². The number of nitrogens with zero attached hydrogens (tertiary/aromatic N) is 3. The largest absolute Gasteiger partial charge is 0.350 e. The number of aromatic nitrogens is 2. The Morgan fingerprint density at radius 1 is 1.14 bits per heavy atom. The highest BCUT2D eigenvalue weighted by Crippen LogP contribution is 2.29. The maximum Gasteiger partial charge on any atom is 0.256 e. The molecule has 2 aromatic heterocycles. The second-order valence-corrected chi connectivity index (χ2v) is 5.97. The maximum absolute atomic E-state index is 13.1. The Labute approximate surface area is 129 Å². The molecule has 4 heteroatoms. The predicted molar refractivity (Wildman–Crippen MR) is 86.8 cm³/mol. The topological polar surface area (TPSA) is 30.2 Å². The minimum atomic E-state index is 0.107. The van der Waals surface area contributed by atoms with Crippen LogP contribution in [0.2, 0.25) is 0 Å². The van der Waals surface area contributed by atoms with Crippen molar-refractivity contribution in [2.75, 3.05) is 6.54 Å². The van der Waals surface area contributed by atoms with Gasteiger partial charge in [-0.2, -0.15) is 0 Å². The van der Waals surface area contributed by atoms with Crippen LogP contribution < -0.4 is 0 Å². The Kier molecular flexibility index (Phi) is 2.86. The Morgan fingerprint density at radius 3 is 2.82 bits per heavy atom. The average molecular weight is 293 g/mol. The van der Waals surface area contributed by atoms with Gasteiger partial charge in [-0.15, -0.1) is 0 Å². The van der Waals surface area contributed by atoms with E-state index in [0.29, 0.717) is 0 Å². The minimum absolute atomic E-state index is 0.107. The van der Waals surface area contributed by atoms with Gasteiger partial charge in [0.25, 0.3) is 5.91 Å². The molecule has 0 N–H and O–H groups in total. The first kappa shape index (κ1) is 13.2. The Balaban J connectivity index is 1.75. The molecular formula is C18H19N3O. The van der Waals surface area contributed by atoms with E-state index in [1.54, 1.807) is 0 Å². The van der Waals surface area contributed by atoms with Crippen LogP contribution in [0.3, 0.4) is 0 Å². The van der Waals surface area contributed by atoms with Crippen molar-refractivity contribution in [2.45, 2.75) is 19.5 Å². The summed E-state index contributed by atoms with van der Waals surface area (Å²) in [4.78, 5) is 15.1. The summed E-state index contributed by atoms with van der Waals surface area (Å²) in [5, 5.41) is 1.03. The van der Waals surface area contributed by atoms with E-state index in [4.69, 9.17) is 0 Å². The monoisotopic (exact) mass is 293 g/mol.